The van der Waals surface area contributed by atoms with Gasteiger partial charge in [-0.2, -0.15) is 0 Å². The van der Waals surface area contributed by atoms with Crippen LogP contribution in [0.15, 0.2) is 36.4 Å². The summed E-state index contributed by atoms with van der Waals surface area (Å²) in [6.07, 6.45) is 0. The number of nitrogens with zero attached hydrogens (tertiary/aromatic N) is 1. The molecule has 3 aromatic rings. The van der Waals surface area contributed by atoms with Crippen LogP contribution in [0.2, 0.25) is 0 Å². The summed E-state index contributed by atoms with van der Waals surface area (Å²) in [5, 5.41) is 4.16. The molecule has 0 saturated heterocycles. The fourth-order valence-electron chi connectivity index (χ4n) is 2.17. The Labute approximate surface area is 127 Å². The first-order chi connectivity index (χ1) is 10.2. The predicted molar refractivity (Wildman–Crippen MR) is 87.2 cm³/mol. The molecule has 0 aliphatic carbocycles. The zero-order valence-corrected chi connectivity index (χ0v) is 13.0. The van der Waals surface area contributed by atoms with Crippen molar-refractivity contribution in [1.82, 2.24) is 4.98 Å². The van der Waals surface area contributed by atoms with Crippen molar-refractivity contribution in [2.45, 2.75) is 6.92 Å². The van der Waals surface area contributed by atoms with Crippen molar-refractivity contribution in [3.63, 3.8) is 0 Å². The van der Waals surface area contributed by atoms with Crippen LogP contribution in [0, 0.1) is 6.92 Å². The fraction of sp³-hybridized carbons (Fsp3) is 0.188. The summed E-state index contributed by atoms with van der Waals surface area (Å²) in [5.41, 5.74) is 3.05. The van der Waals surface area contributed by atoms with Crippen LogP contribution in [-0.2, 0) is 0 Å². The fourth-order valence-corrected chi connectivity index (χ4v) is 3.12. The number of benzene rings is 2. The molecule has 0 spiro atoms. The van der Waals surface area contributed by atoms with Gasteiger partial charge in [-0.1, -0.05) is 23.5 Å². The molecule has 1 N–H and O–H groups in total. The van der Waals surface area contributed by atoms with Crippen molar-refractivity contribution < 1.29 is 9.47 Å². The highest BCUT2D eigenvalue weighted by molar-refractivity contribution is 7.22. The summed E-state index contributed by atoms with van der Waals surface area (Å²) in [7, 11) is 3.29. The van der Waals surface area contributed by atoms with Crippen molar-refractivity contribution in [2.75, 3.05) is 19.5 Å². The maximum atomic E-state index is 5.37. The number of ether oxygens (including phenoxy) is 2. The number of hydrogen-bond donors (Lipinski definition) is 1. The van der Waals surface area contributed by atoms with Gasteiger partial charge in [-0.05, 0) is 30.7 Å². The van der Waals surface area contributed by atoms with Gasteiger partial charge in [0.15, 0.2) is 5.13 Å². The molecule has 108 valence electrons. The molecule has 1 aromatic heterocycles. The van der Waals surface area contributed by atoms with Crippen LogP contribution in [0.4, 0.5) is 10.8 Å². The van der Waals surface area contributed by atoms with Gasteiger partial charge in [0.25, 0.3) is 0 Å². The van der Waals surface area contributed by atoms with E-state index in [1.54, 1.807) is 25.6 Å². The molecular formula is C16H16N2O2S. The zero-order chi connectivity index (χ0) is 14.8. The number of hydrogen-bond acceptors (Lipinski definition) is 5. The zero-order valence-electron chi connectivity index (χ0n) is 12.1. The number of para-hydroxylation sites is 1. The summed E-state index contributed by atoms with van der Waals surface area (Å²) in [4.78, 5) is 4.65. The number of thiazole rings is 1. The minimum Gasteiger partial charge on any atom is -0.497 e. The smallest absolute Gasteiger partial charge is 0.188 e. The third kappa shape index (κ3) is 2.64. The first-order valence-corrected chi connectivity index (χ1v) is 7.38. The molecule has 4 nitrogen and oxygen atoms in total. The lowest BCUT2D eigenvalue weighted by Crippen LogP contribution is -1.95. The highest BCUT2D eigenvalue weighted by atomic mass is 32.1. The Morgan fingerprint density at radius 3 is 2.67 bits per heavy atom. The molecule has 0 saturated carbocycles. The summed E-state index contributed by atoms with van der Waals surface area (Å²) in [5.74, 6) is 1.53. The molecular weight excluding hydrogens is 284 g/mol. The van der Waals surface area contributed by atoms with Crippen LogP contribution < -0.4 is 14.8 Å². The van der Waals surface area contributed by atoms with E-state index in [1.165, 1.54) is 10.3 Å². The van der Waals surface area contributed by atoms with Crippen LogP contribution >= 0.6 is 11.3 Å². The van der Waals surface area contributed by atoms with Gasteiger partial charge >= 0.3 is 0 Å². The number of methoxy groups -OCH3 is 2. The molecule has 0 fully saturated rings. The molecule has 0 atom stereocenters. The second-order valence-electron chi connectivity index (χ2n) is 4.63. The minimum absolute atomic E-state index is 0.756. The summed E-state index contributed by atoms with van der Waals surface area (Å²) >= 11 is 1.62. The second kappa shape index (κ2) is 5.61. The summed E-state index contributed by atoms with van der Waals surface area (Å²) < 4.78 is 11.8. The number of rotatable bonds is 4. The van der Waals surface area contributed by atoms with Gasteiger partial charge < -0.3 is 14.8 Å². The quantitative estimate of drug-likeness (QED) is 0.777. The highest BCUT2D eigenvalue weighted by Gasteiger charge is 2.10. The van der Waals surface area contributed by atoms with Crippen LogP contribution in [0.3, 0.4) is 0 Å². The lowest BCUT2D eigenvalue weighted by Gasteiger charge is -2.10. The van der Waals surface area contributed by atoms with Crippen LogP contribution in [0.1, 0.15) is 5.56 Å². The minimum atomic E-state index is 0.756. The molecule has 0 aliphatic rings. The molecule has 0 bridgehead atoms. The second-order valence-corrected chi connectivity index (χ2v) is 5.66. The average Bonchev–Trinajstić information content (AvgIpc) is 2.91. The van der Waals surface area contributed by atoms with Gasteiger partial charge in [-0.25, -0.2) is 4.98 Å². The molecule has 3 rings (SSSR count). The Balaban J connectivity index is 1.99. The Morgan fingerprint density at radius 2 is 1.95 bits per heavy atom. The van der Waals surface area contributed by atoms with Crippen LogP contribution in [0.5, 0.6) is 11.5 Å². The number of aryl methyl sites for hydroxylation is 1. The van der Waals surface area contributed by atoms with Crippen molar-refractivity contribution in [3.8, 4) is 11.5 Å². The van der Waals surface area contributed by atoms with Gasteiger partial charge in [0.2, 0.25) is 0 Å². The van der Waals surface area contributed by atoms with Gasteiger partial charge in [0, 0.05) is 6.07 Å². The van der Waals surface area contributed by atoms with E-state index in [0.29, 0.717) is 0 Å². The lowest BCUT2D eigenvalue weighted by atomic mass is 10.2. The van der Waals surface area contributed by atoms with Gasteiger partial charge in [0.05, 0.1) is 30.1 Å². The Kier molecular flexibility index (Phi) is 3.66. The van der Waals surface area contributed by atoms with Crippen molar-refractivity contribution in [3.05, 3.63) is 42.0 Å². The van der Waals surface area contributed by atoms with E-state index in [9.17, 15) is 0 Å². The molecule has 0 radical (unpaired) electrons. The van der Waals surface area contributed by atoms with Gasteiger partial charge in [-0.3, -0.25) is 0 Å². The Hall–Kier alpha value is -2.27. The highest BCUT2D eigenvalue weighted by Crippen LogP contribution is 2.35. The SMILES string of the molecule is COc1ccc(OC)c(Nc2nc3c(C)cccc3s2)c1. The number of anilines is 2. The van der Waals surface area contributed by atoms with Gasteiger partial charge in [0.1, 0.15) is 11.5 Å². The topological polar surface area (TPSA) is 43.4 Å². The molecule has 21 heavy (non-hydrogen) atoms. The van der Waals surface area contributed by atoms with Crippen molar-refractivity contribution in [1.29, 1.82) is 0 Å². The summed E-state index contributed by atoms with van der Waals surface area (Å²) in [6, 6.07) is 11.8. The predicted octanol–water partition coefficient (Wildman–Crippen LogP) is 4.37. The van der Waals surface area contributed by atoms with E-state index in [-0.39, 0.29) is 0 Å². The van der Waals surface area contributed by atoms with E-state index in [1.807, 2.05) is 24.3 Å². The number of fused-ring (bicyclic) bond motifs is 1. The van der Waals surface area contributed by atoms with Crippen LogP contribution in [-0.4, -0.2) is 19.2 Å². The lowest BCUT2D eigenvalue weighted by molar-refractivity contribution is 0.405. The first kappa shape index (κ1) is 13.7. The average molecular weight is 300 g/mol. The van der Waals surface area contributed by atoms with Crippen LogP contribution in [0.25, 0.3) is 10.2 Å². The Morgan fingerprint density at radius 1 is 1.10 bits per heavy atom. The van der Waals surface area contributed by atoms with E-state index >= 15 is 0 Å². The van der Waals surface area contributed by atoms with Crippen molar-refractivity contribution in [2.24, 2.45) is 0 Å². The molecule has 0 amide bonds. The standard InChI is InChI=1S/C16H16N2O2S/c1-10-5-4-6-14-15(10)18-16(21-14)17-12-9-11(19-2)7-8-13(12)20-3/h4-9H,1-3H3,(H,17,18). The molecule has 1 heterocycles. The van der Waals surface area contributed by atoms with Gasteiger partial charge in [-0.15, -0.1) is 0 Å². The molecule has 0 aliphatic heterocycles. The molecule has 2 aromatic carbocycles. The van der Waals surface area contributed by atoms with E-state index in [4.69, 9.17) is 9.47 Å². The maximum absolute atomic E-state index is 5.37. The van der Waals surface area contributed by atoms with E-state index < -0.39 is 0 Å². The number of aromatic nitrogens is 1. The normalized spacial score (nSPS) is 10.6. The van der Waals surface area contributed by atoms with E-state index in [2.05, 4.69) is 29.4 Å². The number of nitrogens with one attached hydrogen (secondary N) is 1. The monoisotopic (exact) mass is 300 g/mol. The largest absolute Gasteiger partial charge is 0.497 e. The first-order valence-electron chi connectivity index (χ1n) is 6.56. The third-order valence-electron chi connectivity index (χ3n) is 3.27. The molecule has 5 heteroatoms. The van der Waals surface area contributed by atoms with Crippen molar-refractivity contribution >= 4 is 32.4 Å². The third-order valence-corrected chi connectivity index (χ3v) is 4.21. The molecule has 0 unspecified atom stereocenters. The maximum Gasteiger partial charge on any atom is 0.188 e. The summed E-state index contributed by atoms with van der Waals surface area (Å²) in [6.45, 7) is 2.07. The van der Waals surface area contributed by atoms with E-state index in [0.717, 1.165) is 27.8 Å². The Bertz CT molecular complexity index is 783.